The van der Waals surface area contributed by atoms with Crippen molar-refractivity contribution in [3.63, 3.8) is 0 Å². The van der Waals surface area contributed by atoms with E-state index in [0.29, 0.717) is 0 Å². The summed E-state index contributed by atoms with van der Waals surface area (Å²) < 4.78 is 2.23. The summed E-state index contributed by atoms with van der Waals surface area (Å²) in [4.78, 5) is 14.5. The summed E-state index contributed by atoms with van der Waals surface area (Å²) >= 11 is 0. The summed E-state index contributed by atoms with van der Waals surface area (Å²) in [5.41, 5.74) is 4.41. The molecule has 0 aliphatic carbocycles. The van der Waals surface area contributed by atoms with Gasteiger partial charge in [-0.25, -0.2) is 0 Å². The van der Waals surface area contributed by atoms with Crippen molar-refractivity contribution in [2.75, 3.05) is 0 Å². The van der Waals surface area contributed by atoms with E-state index in [1.54, 1.807) is 0 Å². The summed E-state index contributed by atoms with van der Waals surface area (Å²) in [6.07, 6.45) is 3.00. The third-order valence-corrected chi connectivity index (χ3v) is 3.77. The standard InChI is InChI=1S/C17H11N2.C5H8O2.Pt/c1-2-7-13(8-3-1)19-15-10-5-4-9-14(15)17-16(19)11-6-12-18-17;1-4(6)3-5(2)7;/h1-8,10-12H;3,6H,1-2H3;/q-1;;/b;4-3-;. The molecule has 0 bridgehead atoms. The molecule has 27 heavy (non-hydrogen) atoms. The van der Waals surface area contributed by atoms with E-state index in [0.717, 1.165) is 27.6 Å². The van der Waals surface area contributed by atoms with Gasteiger partial charge in [0.1, 0.15) is 0 Å². The zero-order valence-corrected chi connectivity index (χ0v) is 17.3. The van der Waals surface area contributed by atoms with Crippen LogP contribution < -0.4 is 0 Å². The third-order valence-electron chi connectivity index (χ3n) is 3.77. The topological polar surface area (TPSA) is 55.1 Å². The zero-order chi connectivity index (χ0) is 18.5. The van der Waals surface area contributed by atoms with Crippen molar-refractivity contribution in [3.8, 4) is 5.69 Å². The first kappa shape index (κ1) is 20.6. The normalized spacial score (nSPS) is 10.8. The Hall–Kier alpha value is -2.71. The number of ketones is 1. The molecule has 2 heterocycles. The van der Waals surface area contributed by atoms with Gasteiger partial charge in [0.05, 0.1) is 5.76 Å². The maximum atomic E-state index is 10.0. The number of carbonyl (C=O) groups excluding carboxylic acids is 1. The van der Waals surface area contributed by atoms with Gasteiger partial charge in [-0.2, -0.15) is 0 Å². The van der Waals surface area contributed by atoms with Gasteiger partial charge in [0.2, 0.25) is 0 Å². The van der Waals surface area contributed by atoms with Crippen LogP contribution >= 0.6 is 0 Å². The van der Waals surface area contributed by atoms with E-state index >= 15 is 0 Å². The average molecular weight is 538 g/mol. The van der Waals surface area contributed by atoms with Crippen LogP contribution in [0.4, 0.5) is 0 Å². The Morgan fingerprint density at radius 2 is 1.74 bits per heavy atom. The largest absolute Gasteiger partial charge is 0.512 e. The Balaban J connectivity index is 0.000000285. The number of hydrogen-bond donors (Lipinski definition) is 1. The molecule has 4 nitrogen and oxygen atoms in total. The van der Waals surface area contributed by atoms with Crippen molar-refractivity contribution in [2.24, 2.45) is 0 Å². The summed E-state index contributed by atoms with van der Waals surface area (Å²) in [5.74, 6) is -0.0625. The fourth-order valence-corrected chi connectivity index (χ4v) is 2.85. The van der Waals surface area contributed by atoms with Crippen LogP contribution in [0.2, 0.25) is 0 Å². The number of carbonyl (C=O) groups is 1. The van der Waals surface area contributed by atoms with Crippen LogP contribution in [0, 0.1) is 6.07 Å². The van der Waals surface area contributed by atoms with Crippen LogP contribution in [0.1, 0.15) is 13.8 Å². The van der Waals surface area contributed by atoms with Crippen LogP contribution in [0.15, 0.2) is 78.7 Å². The molecule has 0 atom stereocenters. The van der Waals surface area contributed by atoms with Crippen LogP contribution in [0.3, 0.4) is 0 Å². The Labute approximate surface area is 172 Å². The van der Waals surface area contributed by atoms with Crippen LogP contribution in [0.25, 0.3) is 27.6 Å². The second-order valence-corrected chi connectivity index (χ2v) is 5.87. The molecule has 0 saturated carbocycles. The van der Waals surface area contributed by atoms with Gasteiger partial charge in [0, 0.05) is 50.1 Å². The minimum Gasteiger partial charge on any atom is -0.512 e. The minimum absolute atomic E-state index is 0. The van der Waals surface area contributed by atoms with E-state index in [2.05, 4.69) is 52.0 Å². The molecule has 0 radical (unpaired) electrons. The number of nitrogens with zero attached hydrogens (tertiary/aromatic N) is 2. The molecule has 2 aromatic carbocycles. The molecule has 2 aromatic heterocycles. The summed E-state index contributed by atoms with van der Waals surface area (Å²) in [6.45, 7) is 2.85. The number of hydrogen-bond acceptors (Lipinski definition) is 3. The average Bonchev–Trinajstić information content (AvgIpc) is 2.96. The molecule has 0 aliphatic rings. The molecule has 0 unspecified atom stereocenters. The van der Waals surface area contributed by atoms with Crippen molar-refractivity contribution in [1.82, 2.24) is 9.55 Å². The Kier molecular flexibility index (Phi) is 7.09. The second kappa shape index (κ2) is 9.29. The monoisotopic (exact) mass is 538 g/mol. The van der Waals surface area contributed by atoms with Gasteiger partial charge < -0.3 is 14.7 Å². The summed E-state index contributed by atoms with van der Waals surface area (Å²) in [6, 6.07) is 23.8. The number of allylic oxidation sites excluding steroid dienone is 2. The van der Waals surface area contributed by atoms with Crippen molar-refractivity contribution in [3.05, 3.63) is 84.8 Å². The van der Waals surface area contributed by atoms with Gasteiger partial charge in [0.15, 0.2) is 5.78 Å². The van der Waals surface area contributed by atoms with Gasteiger partial charge >= 0.3 is 0 Å². The minimum atomic E-state index is -0.125. The van der Waals surface area contributed by atoms with Crippen molar-refractivity contribution in [2.45, 2.75) is 13.8 Å². The van der Waals surface area contributed by atoms with Gasteiger partial charge in [-0.1, -0.05) is 23.6 Å². The van der Waals surface area contributed by atoms with Gasteiger partial charge in [0.25, 0.3) is 0 Å². The number of rotatable bonds is 2. The third kappa shape index (κ3) is 4.72. The quantitative estimate of drug-likeness (QED) is 0.222. The summed E-state index contributed by atoms with van der Waals surface area (Å²) in [7, 11) is 0. The Morgan fingerprint density at radius 3 is 2.37 bits per heavy atom. The molecule has 0 saturated heterocycles. The molecule has 0 amide bonds. The van der Waals surface area contributed by atoms with E-state index in [1.165, 1.54) is 19.9 Å². The fourth-order valence-electron chi connectivity index (χ4n) is 2.85. The molecule has 5 heteroatoms. The van der Waals surface area contributed by atoms with E-state index < -0.39 is 0 Å². The molecule has 4 rings (SSSR count). The fraction of sp³-hybridized carbons (Fsp3) is 0.0909. The Bertz CT molecular complexity index is 1030. The number of pyridine rings is 1. The molecule has 4 aromatic rings. The summed E-state index contributed by atoms with van der Waals surface area (Å²) in [5, 5.41) is 9.43. The van der Waals surface area contributed by atoms with E-state index in [4.69, 9.17) is 5.11 Å². The number of aliphatic hydroxyl groups is 1. The predicted octanol–water partition coefficient (Wildman–Crippen LogP) is 5.01. The number of fused-ring (bicyclic) bond motifs is 3. The Morgan fingerprint density at radius 1 is 1.04 bits per heavy atom. The van der Waals surface area contributed by atoms with Crippen molar-refractivity contribution in [1.29, 1.82) is 0 Å². The van der Waals surface area contributed by atoms with Crippen LogP contribution in [-0.2, 0) is 25.9 Å². The van der Waals surface area contributed by atoms with E-state index in [1.807, 2.05) is 30.5 Å². The number of para-hydroxylation sites is 1. The van der Waals surface area contributed by atoms with E-state index in [-0.39, 0.29) is 32.6 Å². The first-order chi connectivity index (χ1) is 12.6. The predicted molar refractivity (Wildman–Crippen MR) is 104 cm³/mol. The molecule has 140 valence electrons. The van der Waals surface area contributed by atoms with Crippen molar-refractivity contribution >= 4 is 27.7 Å². The number of benzene rings is 2. The van der Waals surface area contributed by atoms with E-state index in [9.17, 15) is 4.79 Å². The number of aliphatic hydroxyl groups excluding tert-OH is 1. The van der Waals surface area contributed by atoms with Gasteiger partial charge in [-0.3, -0.25) is 4.79 Å². The molecular weight excluding hydrogens is 519 g/mol. The maximum Gasteiger partial charge on any atom is 0.155 e. The van der Waals surface area contributed by atoms with Gasteiger partial charge in [-0.15, -0.1) is 24.3 Å². The molecule has 1 N–H and O–H groups in total. The first-order valence-corrected chi connectivity index (χ1v) is 8.27. The van der Waals surface area contributed by atoms with Crippen LogP contribution in [0.5, 0.6) is 0 Å². The van der Waals surface area contributed by atoms with Crippen molar-refractivity contribution < 1.29 is 31.0 Å². The zero-order valence-electron chi connectivity index (χ0n) is 15.0. The van der Waals surface area contributed by atoms with Crippen LogP contribution in [-0.4, -0.2) is 20.4 Å². The molecule has 0 fully saturated rings. The first-order valence-electron chi connectivity index (χ1n) is 8.27. The van der Waals surface area contributed by atoms with Gasteiger partial charge in [-0.05, 0) is 43.6 Å². The molecule has 0 spiro atoms. The smallest absolute Gasteiger partial charge is 0.155 e. The molecule has 0 aliphatic heterocycles. The maximum absolute atomic E-state index is 10.0. The number of aromatic nitrogens is 2. The molecular formula is C22H19N2O2Pt-. The second-order valence-electron chi connectivity index (χ2n) is 5.87. The SMILES string of the molecule is CC(=O)/C=C(/C)O.[Pt].[c-]1cccc2c1c1ncccc1n2-c1ccccc1.